The lowest BCUT2D eigenvalue weighted by molar-refractivity contribution is -0.130. The molecule has 3 unspecified atom stereocenters. The van der Waals surface area contributed by atoms with Crippen LogP contribution in [0.2, 0.25) is 0 Å². The van der Waals surface area contributed by atoms with E-state index in [9.17, 15) is 13.2 Å². The summed E-state index contributed by atoms with van der Waals surface area (Å²) in [5, 5.41) is -0.608. The van der Waals surface area contributed by atoms with Gasteiger partial charge in [-0.1, -0.05) is 20.8 Å². The summed E-state index contributed by atoms with van der Waals surface area (Å²) in [4.78, 5) is 12.3. The first-order valence-corrected chi connectivity index (χ1v) is 8.35. The largest absolute Gasteiger partial charge is 0.327 e. The summed E-state index contributed by atoms with van der Waals surface area (Å²) in [5.41, 5.74) is 5.74. The molecule has 0 radical (unpaired) electrons. The van der Waals surface area contributed by atoms with Crippen molar-refractivity contribution in [1.29, 1.82) is 0 Å². The average molecular weight is 290 g/mol. The fraction of sp³-hybridized carbons (Fsp3) is 0.923. The minimum atomic E-state index is -3.56. The molecule has 0 aromatic carbocycles. The minimum Gasteiger partial charge on any atom is -0.327 e. The van der Waals surface area contributed by atoms with Crippen molar-refractivity contribution in [2.75, 3.05) is 0 Å². The Bertz CT molecular complexity index is 443. The second kappa shape index (κ2) is 5.40. The number of carbonyl (C=O) groups is 1. The topological polar surface area (TPSA) is 89.3 Å². The zero-order chi connectivity index (χ0) is 15.0. The van der Waals surface area contributed by atoms with E-state index in [4.69, 9.17) is 5.73 Å². The minimum absolute atomic E-state index is 0.0701. The first-order chi connectivity index (χ1) is 8.50. The average Bonchev–Trinajstić information content (AvgIpc) is 2.24. The van der Waals surface area contributed by atoms with E-state index in [1.807, 2.05) is 20.8 Å². The van der Waals surface area contributed by atoms with E-state index in [-0.39, 0.29) is 23.3 Å². The van der Waals surface area contributed by atoms with Gasteiger partial charge in [-0.3, -0.25) is 9.52 Å². The quantitative estimate of drug-likeness (QED) is 0.818. The normalized spacial score (nSPS) is 31.2. The highest BCUT2D eigenvalue weighted by Gasteiger charge is 2.45. The summed E-state index contributed by atoms with van der Waals surface area (Å²) in [6, 6.07) is 0.0701. The molecule has 19 heavy (non-hydrogen) atoms. The Labute approximate surface area is 116 Å². The molecule has 0 aromatic rings. The molecule has 3 N–H and O–H groups in total. The predicted octanol–water partition coefficient (Wildman–Crippen LogP) is 1.24. The molecule has 1 aliphatic rings. The number of hydrogen-bond acceptors (Lipinski definition) is 4. The number of hydrogen-bond donors (Lipinski definition) is 2. The number of carbonyl (C=O) groups excluding carboxylic acids is 1. The van der Waals surface area contributed by atoms with E-state index in [0.29, 0.717) is 6.42 Å². The molecule has 112 valence electrons. The number of sulfonamides is 1. The molecule has 0 heterocycles. The van der Waals surface area contributed by atoms with Gasteiger partial charge in [-0.25, -0.2) is 8.42 Å². The van der Waals surface area contributed by atoms with Gasteiger partial charge >= 0.3 is 0 Å². The van der Waals surface area contributed by atoms with Crippen molar-refractivity contribution in [1.82, 2.24) is 4.72 Å². The first kappa shape index (κ1) is 16.4. The summed E-state index contributed by atoms with van der Waals surface area (Å²) < 4.78 is 25.8. The van der Waals surface area contributed by atoms with Gasteiger partial charge in [0.15, 0.2) is 0 Å². The maximum Gasteiger partial charge on any atom is 0.237 e. The van der Waals surface area contributed by atoms with E-state index < -0.39 is 21.2 Å². The van der Waals surface area contributed by atoms with Crippen LogP contribution in [-0.4, -0.2) is 25.6 Å². The van der Waals surface area contributed by atoms with E-state index in [1.54, 1.807) is 13.8 Å². The van der Waals surface area contributed by atoms with Gasteiger partial charge in [0, 0.05) is 12.0 Å². The Morgan fingerprint density at radius 3 is 2.32 bits per heavy atom. The predicted molar refractivity (Wildman–Crippen MR) is 75.8 cm³/mol. The van der Waals surface area contributed by atoms with Gasteiger partial charge in [0.1, 0.15) is 0 Å². The van der Waals surface area contributed by atoms with Crippen LogP contribution in [0.25, 0.3) is 0 Å². The van der Waals surface area contributed by atoms with Crippen molar-refractivity contribution in [2.45, 2.75) is 58.8 Å². The number of amides is 1. The van der Waals surface area contributed by atoms with Crippen LogP contribution in [-0.2, 0) is 14.8 Å². The van der Waals surface area contributed by atoms with Crippen LogP contribution in [0.15, 0.2) is 0 Å². The fourth-order valence-corrected chi connectivity index (χ4v) is 3.31. The highest BCUT2D eigenvalue weighted by molar-refractivity contribution is 7.90. The molecule has 1 rings (SSSR count). The van der Waals surface area contributed by atoms with Crippen molar-refractivity contribution < 1.29 is 13.2 Å². The highest BCUT2D eigenvalue weighted by atomic mass is 32.2. The fourth-order valence-electron chi connectivity index (χ4n) is 2.65. The van der Waals surface area contributed by atoms with Crippen LogP contribution in [0.1, 0.15) is 47.5 Å². The molecule has 0 bridgehead atoms. The third kappa shape index (κ3) is 3.28. The molecule has 1 fully saturated rings. The van der Waals surface area contributed by atoms with E-state index in [1.165, 1.54) is 0 Å². The van der Waals surface area contributed by atoms with Crippen LogP contribution in [0.3, 0.4) is 0 Å². The summed E-state index contributed by atoms with van der Waals surface area (Å²) >= 11 is 0. The van der Waals surface area contributed by atoms with Crippen molar-refractivity contribution in [3.63, 3.8) is 0 Å². The maximum atomic E-state index is 12.3. The molecule has 5 nitrogen and oxygen atoms in total. The van der Waals surface area contributed by atoms with Gasteiger partial charge in [0.05, 0.1) is 5.25 Å². The Balaban J connectivity index is 2.89. The Morgan fingerprint density at radius 2 is 1.84 bits per heavy atom. The van der Waals surface area contributed by atoms with Crippen LogP contribution in [0.4, 0.5) is 0 Å². The van der Waals surface area contributed by atoms with Gasteiger partial charge in [0.25, 0.3) is 0 Å². The zero-order valence-electron chi connectivity index (χ0n) is 12.4. The molecular formula is C13H26N2O3S. The second-order valence-electron chi connectivity index (χ2n) is 6.46. The van der Waals surface area contributed by atoms with E-state index in [2.05, 4.69) is 4.72 Å². The maximum absolute atomic E-state index is 12.3. The van der Waals surface area contributed by atoms with Crippen molar-refractivity contribution in [2.24, 2.45) is 23.0 Å². The van der Waals surface area contributed by atoms with Crippen LogP contribution in [0, 0.1) is 17.3 Å². The van der Waals surface area contributed by atoms with E-state index in [0.717, 1.165) is 6.42 Å². The van der Waals surface area contributed by atoms with Crippen LogP contribution < -0.4 is 10.5 Å². The molecule has 0 spiro atoms. The zero-order valence-corrected chi connectivity index (χ0v) is 13.3. The van der Waals surface area contributed by atoms with Crippen molar-refractivity contribution in [3.8, 4) is 0 Å². The summed E-state index contributed by atoms with van der Waals surface area (Å²) in [6.07, 6.45) is 1.39. The molecule has 0 aromatic heterocycles. The number of rotatable bonds is 3. The van der Waals surface area contributed by atoms with Gasteiger partial charge in [0.2, 0.25) is 15.9 Å². The molecule has 1 amide bonds. The summed E-state index contributed by atoms with van der Waals surface area (Å²) in [6.45, 7) is 9.12. The number of nitrogens with one attached hydrogen (secondary N) is 1. The third-order valence-corrected chi connectivity index (χ3v) is 6.41. The van der Waals surface area contributed by atoms with Gasteiger partial charge in [-0.15, -0.1) is 0 Å². The van der Waals surface area contributed by atoms with Gasteiger partial charge in [-0.2, -0.15) is 0 Å². The molecule has 3 atom stereocenters. The van der Waals surface area contributed by atoms with Crippen LogP contribution >= 0.6 is 0 Å². The Kier molecular flexibility index (Phi) is 4.67. The third-order valence-electron chi connectivity index (χ3n) is 4.68. The van der Waals surface area contributed by atoms with Gasteiger partial charge in [-0.05, 0) is 38.0 Å². The van der Waals surface area contributed by atoms with Crippen molar-refractivity contribution >= 4 is 15.9 Å². The Morgan fingerprint density at radius 1 is 1.32 bits per heavy atom. The SMILES string of the molecule is CC1C(N)CCC(C(=O)NS(=O)(=O)C(C)C)C1(C)C. The lowest BCUT2D eigenvalue weighted by Crippen LogP contribution is -2.52. The van der Waals surface area contributed by atoms with Crippen molar-refractivity contribution in [3.05, 3.63) is 0 Å². The smallest absolute Gasteiger partial charge is 0.237 e. The second-order valence-corrected chi connectivity index (χ2v) is 8.70. The molecule has 6 heteroatoms. The molecule has 0 aliphatic heterocycles. The molecule has 1 saturated carbocycles. The highest BCUT2D eigenvalue weighted by Crippen LogP contribution is 2.44. The summed E-state index contributed by atoms with van der Waals surface area (Å²) in [7, 11) is -3.56. The lowest BCUT2D eigenvalue weighted by Gasteiger charge is -2.45. The number of nitrogens with two attached hydrogens (primary N) is 1. The standard InChI is InChI=1S/C13H26N2O3S/c1-8(2)19(17,18)15-12(16)10-6-7-11(14)9(3)13(10,4)5/h8-11H,6-7,14H2,1-5H3,(H,15,16). The van der Waals surface area contributed by atoms with Gasteiger partial charge < -0.3 is 5.73 Å². The lowest BCUT2D eigenvalue weighted by atomic mass is 9.61. The molecule has 1 aliphatic carbocycles. The first-order valence-electron chi connectivity index (χ1n) is 6.81. The molecule has 0 saturated heterocycles. The Hall–Kier alpha value is -0.620. The monoisotopic (exact) mass is 290 g/mol. The molecular weight excluding hydrogens is 264 g/mol. The summed E-state index contributed by atoms with van der Waals surface area (Å²) in [5.74, 6) is -0.521. The van der Waals surface area contributed by atoms with Crippen LogP contribution in [0.5, 0.6) is 0 Å². The van der Waals surface area contributed by atoms with E-state index >= 15 is 0 Å².